The van der Waals surface area contributed by atoms with Crippen LogP contribution in [0.3, 0.4) is 0 Å². The Balaban J connectivity index is -0.0000000820. The van der Waals surface area contributed by atoms with E-state index in [0.717, 1.165) is 66.0 Å². The second-order valence-electron chi connectivity index (χ2n) is 35.5. The van der Waals surface area contributed by atoms with Crippen molar-refractivity contribution in [2.45, 2.75) is 417 Å². The molecule has 0 aromatic carbocycles. The van der Waals surface area contributed by atoms with Crippen LogP contribution in [-0.2, 0) is 48.6 Å². The van der Waals surface area contributed by atoms with Gasteiger partial charge in [-0.15, -0.1) is 0 Å². The quantitative estimate of drug-likeness (QED) is 0.0397. The molecule has 1 fully saturated rings. The van der Waals surface area contributed by atoms with E-state index in [0.29, 0.717) is 53.5 Å². The van der Waals surface area contributed by atoms with Gasteiger partial charge in [-0.2, -0.15) is 23.5 Å². The lowest BCUT2D eigenvalue weighted by atomic mass is 9.93. The summed E-state index contributed by atoms with van der Waals surface area (Å²) < 4.78 is 76.6. The second kappa shape index (κ2) is 80.9. The second-order valence-corrected chi connectivity index (χ2v) is 47.7. The normalized spacial score (nSPS) is 12.4. The van der Waals surface area contributed by atoms with Gasteiger partial charge in [-0.1, -0.05) is 232 Å². The molecule has 108 heavy (non-hydrogen) atoms. The molecule has 0 heterocycles. The van der Waals surface area contributed by atoms with Crippen molar-refractivity contribution >= 4 is 64.8 Å². The minimum absolute atomic E-state index is 0.00926. The summed E-state index contributed by atoms with van der Waals surface area (Å²) in [6, 6.07) is 0. The summed E-state index contributed by atoms with van der Waals surface area (Å²) in [5.41, 5.74) is 10.4. The van der Waals surface area contributed by atoms with Gasteiger partial charge in [-0.3, -0.25) is 9.59 Å². The molecule has 21 heteroatoms. The Hall–Kier alpha value is -1.27. The van der Waals surface area contributed by atoms with Crippen molar-refractivity contribution in [3.8, 4) is 0 Å². The van der Waals surface area contributed by atoms with Crippen LogP contribution >= 0.6 is 23.5 Å². The molecule has 666 valence electrons. The number of nitrogens with two attached hydrogens (primary N) is 2. The van der Waals surface area contributed by atoms with Crippen molar-refractivity contribution in [3.05, 3.63) is 23.8 Å². The molecule has 0 aliphatic heterocycles. The van der Waals surface area contributed by atoms with Gasteiger partial charge in [0.25, 0.3) is 0 Å². The summed E-state index contributed by atoms with van der Waals surface area (Å²) in [7, 11) is -6.62. The predicted octanol–water partition coefficient (Wildman–Crippen LogP) is 21.9. The Morgan fingerprint density at radius 3 is 0.954 bits per heavy atom. The minimum atomic E-state index is -2.81. The monoisotopic (exact) mass is 1650 g/mol. The van der Waals surface area contributed by atoms with E-state index < -0.39 is 41.2 Å². The summed E-state index contributed by atoms with van der Waals surface area (Å²) in [6.07, 6.45) is 9.54. The number of allylic oxidation sites excluding steroid dienone is 3. The van der Waals surface area contributed by atoms with Gasteiger partial charge in [0.15, 0.2) is 29.5 Å². The van der Waals surface area contributed by atoms with Gasteiger partial charge in [0, 0.05) is 26.5 Å². The zero-order valence-electron chi connectivity index (χ0n) is 80.4. The van der Waals surface area contributed by atoms with Crippen molar-refractivity contribution in [2.75, 3.05) is 38.3 Å². The number of aliphatic hydroxyl groups is 3. The lowest BCUT2D eigenvalue weighted by Crippen LogP contribution is -2.39. The number of thioether (sulfide) groups is 2. The van der Waals surface area contributed by atoms with Crippen LogP contribution in [0.2, 0.25) is 0 Å². The number of rotatable bonds is 28. The number of primary amides is 1. The van der Waals surface area contributed by atoms with Gasteiger partial charge >= 0.3 is 0 Å². The molecular formula is C87H195N3O13S5. The number of methoxy groups -OCH3 is 1. The Kier molecular flexibility index (Phi) is 102. The molecule has 0 aromatic heterocycles. The summed E-state index contributed by atoms with van der Waals surface area (Å²) in [5, 5.41) is 31.8. The van der Waals surface area contributed by atoms with Crippen LogP contribution in [0.4, 0.5) is 0 Å². The first-order valence-electron chi connectivity index (χ1n) is 40.9. The smallest absolute Gasteiger partial charge is 0.219 e. The Morgan fingerprint density at radius 1 is 0.528 bits per heavy atom. The molecule has 1 rings (SSSR count). The lowest BCUT2D eigenvalue weighted by molar-refractivity contribution is -0.121. The van der Waals surface area contributed by atoms with E-state index in [9.17, 15) is 50.2 Å². The number of amides is 2. The highest BCUT2D eigenvalue weighted by atomic mass is 32.2. The van der Waals surface area contributed by atoms with E-state index in [1.807, 2.05) is 113 Å². The van der Waals surface area contributed by atoms with Gasteiger partial charge in [0.1, 0.15) is 0 Å². The number of carbonyl (C=O) groups is 2. The van der Waals surface area contributed by atoms with E-state index in [4.69, 9.17) is 20.9 Å². The number of hydrogen-bond donors (Lipinski definition) is 6. The molecule has 16 nitrogen and oxygen atoms in total. The minimum Gasteiger partial charge on any atom is -0.393 e. The van der Waals surface area contributed by atoms with E-state index in [2.05, 4.69) is 170 Å². The highest BCUT2D eigenvalue weighted by Crippen LogP contribution is 2.31. The van der Waals surface area contributed by atoms with Crippen LogP contribution in [-0.4, -0.2) is 163 Å². The number of ether oxygens (including phenoxy) is 2. The first-order chi connectivity index (χ1) is 48.1. The lowest BCUT2D eigenvalue weighted by Gasteiger charge is -2.27. The van der Waals surface area contributed by atoms with Crippen molar-refractivity contribution < 1.29 is 59.6 Å². The first kappa shape index (κ1) is 136. The van der Waals surface area contributed by atoms with E-state index >= 15 is 0 Å². The average Bonchev–Trinajstić information content (AvgIpc) is 1.68. The molecule has 0 bridgehead atoms. The van der Waals surface area contributed by atoms with Crippen LogP contribution < -0.4 is 16.8 Å². The third-order valence-corrected chi connectivity index (χ3v) is 23.5. The molecule has 1 atom stereocenters. The van der Waals surface area contributed by atoms with Gasteiger partial charge in [0.2, 0.25) is 11.8 Å². The summed E-state index contributed by atoms with van der Waals surface area (Å²) in [4.78, 5) is 20.2. The highest BCUT2D eigenvalue weighted by molar-refractivity contribution is 8.00. The fraction of sp³-hybridized carbons (Fsp3) is 0.931. The molecule has 0 spiro atoms. The van der Waals surface area contributed by atoms with Crippen LogP contribution in [0.25, 0.3) is 0 Å². The molecule has 0 radical (unpaired) electrons. The molecule has 8 N–H and O–H groups in total. The van der Waals surface area contributed by atoms with Crippen molar-refractivity contribution in [3.63, 3.8) is 0 Å². The van der Waals surface area contributed by atoms with Gasteiger partial charge in [0.05, 0.1) is 68.6 Å². The fourth-order valence-corrected chi connectivity index (χ4v) is 13.2. The van der Waals surface area contributed by atoms with Crippen LogP contribution in [0.15, 0.2) is 23.8 Å². The number of hydrogen-bond acceptors (Lipinski definition) is 16. The summed E-state index contributed by atoms with van der Waals surface area (Å²) in [5.74, 6) is 7.75. The number of nitrogens with one attached hydrogen (secondary N) is 1. The zero-order valence-corrected chi connectivity index (χ0v) is 84.4. The molecule has 2 amide bonds. The van der Waals surface area contributed by atoms with Gasteiger partial charge in [-0.25, -0.2) is 25.3 Å². The number of aliphatic hydroxyl groups excluding tert-OH is 2. The maximum atomic E-state index is 11.1. The molecule has 1 saturated carbocycles. The predicted molar refractivity (Wildman–Crippen MR) is 490 cm³/mol. The maximum absolute atomic E-state index is 11.1. The van der Waals surface area contributed by atoms with E-state index in [1.165, 1.54) is 24.7 Å². The first-order valence-corrected chi connectivity index (χ1v) is 47.8. The largest absolute Gasteiger partial charge is 0.393 e. The third-order valence-electron chi connectivity index (χ3n) is 13.0. The fourth-order valence-electron chi connectivity index (χ4n) is 7.42. The third kappa shape index (κ3) is 134. The zero-order chi connectivity index (χ0) is 89.9. The molecular weight excluding hydrogens is 1460 g/mol. The van der Waals surface area contributed by atoms with E-state index in [1.54, 1.807) is 90.2 Å². The Labute approximate surface area is 686 Å². The average molecular weight is 1650 g/mol. The maximum Gasteiger partial charge on any atom is 0.219 e. The number of carbonyl (C=O) groups excluding carboxylic acids is 2. The van der Waals surface area contributed by atoms with Crippen molar-refractivity contribution in [1.29, 1.82) is 0 Å². The standard InChI is InChI=1S/C7H16O2S.C7H16O2.C7H14O.C7H16O.C7H16S.C7H16.C7H14.C6H13NO.C6H12O2S.C6H14O2S.C6H14O.C6H14S.C4H9NO.C4H11N/c1-6(2)5-10(8,9)7(3)4;1-5(2)6(8)7(3,4)9;1-7(2)5-4-6-8-3;1-5(2)7(8)6(3)4;1-6(2)5-8-7(3)4;2*1-6(2)5-7(3)4;1-5(2)4-7-6(3)8;1-5(2)9(7,8)6-3-4-6;1-5(2)9(7,8)6(3)4;2*1-5(2)7-6(3)4;1-3(2)4(5)6;1-4(2)3-5/h6-7H,5H2,1-4H3;5-6,8-9H,1-4H3;4-5,7H,6H2,1-3H3;5-8H,1-4H3;6-7H,5H2,1-4H3;6-7H,5H2,1-4H3;5-6H,1-4H3;5H,4H2,1-3H3,(H,7,8);5-6H,3-4H2,1-2H3;5-6H,1-4H3;2*5-6H,1-4H3;3H,1-2H3,(H2,5,6);4H,3,5H2,1-2H3/b;;5-4+;;;;;;;;;;;. The van der Waals surface area contributed by atoms with Crippen LogP contribution in [0, 0.1) is 71.0 Å². The van der Waals surface area contributed by atoms with Crippen LogP contribution in [0.5, 0.6) is 0 Å². The molecule has 1 aliphatic carbocycles. The Morgan fingerprint density at radius 2 is 0.889 bits per heavy atom. The number of sulfone groups is 3. The summed E-state index contributed by atoms with van der Waals surface area (Å²) >= 11 is 4.05. The van der Waals surface area contributed by atoms with Crippen molar-refractivity contribution in [1.82, 2.24) is 5.32 Å². The summed E-state index contributed by atoms with van der Waals surface area (Å²) in [6.45, 7) is 96.4. The molecule has 0 saturated heterocycles. The van der Waals surface area contributed by atoms with E-state index in [-0.39, 0.29) is 61.9 Å². The molecule has 1 unspecified atom stereocenters. The molecule has 0 aromatic rings. The Bertz CT molecular complexity index is 2180. The van der Waals surface area contributed by atoms with Gasteiger partial charge < -0.3 is 41.6 Å². The molecule has 1 aliphatic rings. The van der Waals surface area contributed by atoms with Crippen molar-refractivity contribution in [2.24, 2.45) is 82.5 Å². The highest BCUT2D eigenvalue weighted by Gasteiger charge is 2.37. The SMILES string of the molecule is CC(=O)NCC(C)C.CC(C)=CC(C)C.CC(C)C(N)=O.CC(C)C(O)C(C)(C)O.CC(C)C(O)C(C)C.CC(C)CC(C)C.CC(C)CN.CC(C)CS(=O)(=O)C(C)C.CC(C)CSC(C)C.CC(C)OC(C)C.CC(C)S(=O)(=O)C(C)C.CC(C)S(=O)(=O)C1CC1.CC(C)SC(C)C.COC/C=C/C(C)C. The topological polar surface area (TPSA) is 280 Å². The van der Waals surface area contributed by atoms with Gasteiger partial charge in [-0.05, 0) is 223 Å². The van der Waals surface area contributed by atoms with Crippen LogP contribution in [0.1, 0.15) is 345 Å².